The number of benzene rings is 1. The number of nitrogens with zero attached hydrogens (tertiary/aromatic N) is 3. The molecule has 2 aromatic rings. The van der Waals surface area contributed by atoms with Gasteiger partial charge in [0.25, 0.3) is 5.56 Å². The number of likely N-dealkylation sites (tertiary alicyclic amines) is 1. The number of piperidine rings is 1. The Bertz CT molecular complexity index is 807. The van der Waals surface area contributed by atoms with Crippen LogP contribution in [0.3, 0.4) is 0 Å². The van der Waals surface area contributed by atoms with Crippen LogP contribution in [0.4, 0.5) is 5.69 Å². The van der Waals surface area contributed by atoms with Gasteiger partial charge in [-0.2, -0.15) is 0 Å². The Kier molecular flexibility index (Phi) is 5.08. The highest BCUT2D eigenvalue weighted by atomic mass is 16.2. The third-order valence-corrected chi connectivity index (χ3v) is 4.93. The van der Waals surface area contributed by atoms with E-state index in [1.807, 2.05) is 44.3 Å². The number of hydrogen-bond donors (Lipinski definition) is 1. The van der Waals surface area contributed by atoms with Gasteiger partial charge in [0.05, 0.1) is 17.9 Å². The monoisotopic (exact) mass is 342 g/mol. The second kappa shape index (κ2) is 7.27. The van der Waals surface area contributed by atoms with Gasteiger partial charge in [0.1, 0.15) is 5.69 Å². The first kappa shape index (κ1) is 17.5. The fourth-order valence-corrected chi connectivity index (χ4v) is 3.52. The van der Waals surface area contributed by atoms with Gasteiger partial charge >= 0.3 is 0 Å². The molecule has 3 rings (SSSR count). The van der Waals surface area contributed by atoms with Gasteiger partial charge in [-0.15, -0.1) is 0 Å². The maximum atomic E-state index is 12.8. The molecule has 134 valence electrons. The van der Waals surface area contributed by atoms with Crippen LogP contribution < -0.4 is 10.9 Å². The SMILES string of the molecule is Cc1c(NC(=O)CN2CCC[C@@H](C)C2)c(=O)n(-c2ccccc2)n1C. The van der Waals surface area contributed by atoms with Crippen molar-refractivity contribution < 1.29 is 4.79 Å². The van der Waals surface area contributed by atoms with Crippen molar-refractivity contribution in [3.8, 4) is 5.69 Å². The zero-order chi connectivity index (χ0) is 18.0. The van der Waals surface area contributed by atoms with Crippen molar-refractivity contribution >= 4 is 11.6 Å². The van der Waals surface area contributed by atoms with E-state index in [1.54, 1.807) is 9.36 Å². The summed E-state index contributed by atoms with van der Waals surface area (Å²) < 4.78 is 3.35. The minimum absolute atomic E-state index is 0.125. The van der Waals surface area contributed by atoms with E-state index in [2.05, 4.69) is 17.1 Å². The van der Waals surface area contributed by atoms with Crippen molar-refractivity contribution in [2.75, 3.05) is 25.0 Å². The molecular formula is C19H26N4O2. The molecule has 1 aliphatic rings. The number of carbonyl (C=O) groups excluding carboxylic acids is 1. The molecule has 0 saturated carbocycles. The number of para-hydroxylation sites is 1. The van der Waals surface area contributed by atoms with Gasteiger partial charge in [-0.05, 0) is 44.4 Å². The number of rotatable bonds is 4. The molecule has 1 N–H and O–H groups in total. The lowest BCUT2D eigenvalue weighted by Gasteiger charge is -2.30. The first-order chi connectivity index (χ1) is 12.0. The first-order valence-corrected chi connectivity index (χ1v) is 8.83. The smallest absolute Gasteiger partial charge is 0.295 e. The van der Waals surface area contributed by atoms with Crippen LogP contribution in [-0.2, 0) is 11.8 Å². The summed E-state index contributed by atoms with van der Waals surface area (Å²) in [6.07, 6.45) is 2.34. The Balaban J connectivity index is 1.79. The van der Waals surface area contributed by atoms with Gasteiger partial charge in [-0.1, -0.05) is 25.1 Å². The predicted octanol–water partition coefficient (Wildman–Crippen LogP) is 2.15. The second-order valence-corrected chi connectivity index (χ2v) is 6.97. The molecule has 0 spiro atoms. The van der Waals surface area contributed by atoms with Crippen LogP contribution >= 0.6 is 0 Å². The van der Waals surface area contributed by atoms with E-state index in [-0.39, 0.29) is 11.5 Å². The molecule has 0 unspecified atom stereocenters. The molecule has 0 bridgehead atoms. The quantitative estimate of drug-likeness (QED) is 0.926. The molecule has 2 heterocycles. The van der Waals surface area contributed by atoms with E-state index in [9.17, 15) is 9.59 Å². The number of carbonyl (C=O) groups is 1. The van der Waals surface area contributed by atoms with Crippen molar-refractivity contribution in [3.05, 3.63) is 46.4 Å². The fraction of sp³-hybridized carbons (Fsp3) is 0.474. The van der Waals surface area contributed by atoms with Gasteiger partial charge in [-0.3, -0.25) is 19.2 Å². The summed E-state index contributed by atoms with van der Waals surface area (Å²) in [6, 6.07) is 9.44. The van der Waals surface area contributed by atoms with Gasteiger partial charge in [0.15, 0.2) is 0 Å². The summed E-state index contributed by atoms with van der Waals surface area (Å²) in [5, 5.41) is 2.84. The lowest BCUT2D eigenvalue weighted by molar-refractivity contribution is -0.117. The largest absolute Gasteiger partial charge is 0.319 e. The summed E-state index contributed by atoms with van der Waals surface area (Å²) in [5.41, 5.74) is 1.69. The Morgan fingerprint density at radius 2 is 2.00 bits per heavy atom. The molecule has 0 radical (unpaired) electrons. The van der Waals surface area contributed by atoms with Gasteiger partial charge in [-0.25, -0.2) is 4.68 Å². The Hall–Kier alpha value is -2.34. The fourth-order valence-electron chi connectivity index (χ4n) is 3.52. The molecule has 1 aromatic heterocycles. The van der Waals surface area contributed by atoms with Crippen molar-refractivity contribution in [1.29, 1.82) is 0 Å². The summed E-state index contributed by atoms with van der Waals surface area (Å²) >= 11 is 0. The van der Waals surface area contributed by atoms with Crippen LogP contribution in [0.25, 0.3) is 5.69 Å². The lowest BCUT2D eigenvalue weighted by atomic mass is 10.0. The molecular weight excluding hydrogens is 316 g/mol. The number of aromatic nitrogens is 2. The number of anilines is 1. The summed E-state index contributed by atoms with van der Waals surface area (Å²) in [4.78, 5) is 27.4. The van der Waals surface area contributed by atoms with Crippen molar-refractivity contribution in [3.63, 3.8) is 0 Å². The van der Waals surface area contributed by atoms with Gasteiger partial charge in [0, 0.05) is 13.6 Å². The van der Waals surface area contributed by atoms with E-state index in [4.69, 9.17) is 0 Å². The molecule has 1 aliphatic heterocycles. The summed E-state index contributed by atoms with van der Waals surface area (Å²) in [7, 11) is 1.83. The molecule has 1 aromatic carbocycles. The molecule has 25 heavy (non-hydrogen) atoms. The third-order valence-electron chi connectivity index (χ3n) is 4.93. The Morgan fingerprint density at radius 1 is 1.28 bits per heavy atom. The highest BCUT2D eigenvalue weighted by Gasteiger charge is 2.21. The van der Waals surface area contributed by atoms with Gasteiger partial charge in [0.2, 0.25) is 5.91 Å². The average Bonchev–Trinajstić information content (AvgIpc) is 2.79. The van der Waals surface area contributed by atoms with E-state index in [0.717, 1.165) is 30.9 Å². The van der Waals surface area contributed by atoms with E-state index in [0.29, 0.717) is 18.2 Å². The molecule has 1 atom stereocenters. The number of nitrogens with one attached hydrogen (secondary N) is 1. The van der Waals surface area contributed by atoms with Crippen molar-refractivity contribution in [2.24, 2.45) is 13.0 Å². The standard InChI is InChI=1S/C19H26N4O2/c1-14-8-7-11-22(12-14)13-17(24)20-18-15(2)21(3)23(19(18)25)16-9-5-4-6-10-16/h4-6,9-10,14H,7-8,11-13H2,1-3H3,(H,20,24)/t14-/m1/s1. The minimum Gasteiger partial charge on any atom is -0.319 e. The van der Waals surface area contributed by atoms with Crippen LogP contribution in [0.1, 0.15) is 25.5 Å². The topological polar surface area (TPSA) is 59.3 Å². The van der Waals surface area contributed by atoms with Crippen LogP contribution in [0.15, 0.2) is 35.1 Å². The molecule has 1 saturated heterocycles. The van der Waals surface area contributed by atoms with E-state index in [1.165, 1.54) is 6.42 Å². The van der Waals surface area contributed by atoms with E-state index < -0.39 is 0 Å². The van der Waals surface area contributed by atoms with Crippen LogP contribution in [0.5, 0.6) is 0 Å². The highest BCUT2D eigenvalue weighted by molar-refractivity contribution is 5.92. The van der Waals surface area contributed by atoms with Crippen LogP contribution in [0, 0.1) is 12.8 Å². The van der Waals surface area contributed by atoms with Crippen molar-refractivity contribution in [1.82, 2.24) is 14.3 Å². The highest BCUT2D eigenvalue weighted by Crippen LogP contribution is 2.16. The molecule has 0 aliphatic carbocycles. The Labute approximate surface area is 148 Å². The molecule has 6 nitrogen and oxygen atoms in total. The maximum Gasteiger partial charge on any atom is 0.295 e. The molecule has 1 fully saturated rings. The zero-order valence-corrected chi connectivity index (χ0v) is 15.2. The predicted molar refractivity (Wildman–Crippen MR) is 99.2 cm³/mol. The Morgan fingerprint density at radius 3 is 2.68 bits per heavy atom. The number of amides is 1. The van der Waals surface area contributed by atoms with Gasteiger partial charge < -0.3 is 5.32 Å². The number of hydrogen-bond acceptors (Lipinski definition) is 3. The van der Waals surface area contributed by atoms with E-state index >= 15 is 0 Å². The maximum absolute atomic E-state index is 12.8. The second-order valence-electron chi connectivity index (χ2n) is 6.97. The first-order valence-electron chi connectivity index (χ1n) is 8.83. The average molecular weight is 342 g/mol. The summed E-state index contributed by atoms with van der Waals surface area (Å²) in [5.74, 6) is 0.496. The molecule has 1 amide bonds. The lowest BCUT2D eigenvalue weighted by Crippen LogP contribution is -2.40. The third kappa shape index (κ3) is 3.69. The normalized spacial score (nSPS) is 18.3. The van der Waals surface area contributed by atoms with Crippen LogP contribution in [0.2, 0.25) is 0 Å². The zero-order valence-electron chi connectivity index (χ0n) is 15.2. The van der Waals surface area contributed by atoms with Crippen LogP contribution in [-0.4, -0.2) is 39.8 Å². The minimum atomic E-state index is -0.202. The van der Waals surface area contributed by atoms with Crippen molar-refractivity contribution in [2.45, 2.75) is 26.7 Å². The summed E-state index contributed by atoms with van der Waals surface area (Å²) in [6.45, 7) is 6.28. The molecule has 6 heteroatoms.